The Morgan fingerprint density at radius 1 is 1.23 bits per heavy atom. The molecule has 0 bridgehead atoms. The van der Waals surface area contributed by atoms with Crippen LogP contribution in [0.3, 0.4) is 0 Å². The monoisotopic (exact) mass is 501 g/mol. The maximum Gasteiger partial charge on any atom is 0.191 e. The highest BCUT2D eigenvalue weighted by Gasteiger charge is 2.23. The Balaban J connectivity index is 0.00000625. The molecule has 0 radical (unpaired) electrons. The number of hydrogen-bond donors (Lipinski definition) is 2. The zero-order valence-corrected chi connectivity index (χ0v) is 19.0. The van der Waals surface area contributed by atoms with E-state index in [9.17, 15) is 4.39 Å². The van der Waals surface area contributed by atoms with Crippen molar-refractivity contribution in [1.29, 1.82) is 0 Å². The number of rotatable bonds is 10. The van der Waals surface area contributed by atoms with Crippen LogP contribution in [0.2, 0.25) is 5.02 Å². The lowest BCUT2D eigenvalue weighted by Crippen LogP contribution is -2.40. The predicted molar refractivity (Wildman–Crippen MR) is 117 cm³/mol. The van der Waals surface area contributed by atoms with Crippen LogP contribution in [0.5, 0.6) is 0 Å². The number of benzene rings is 1. The molecule has 8 heteroatoms. The van der Waals surface area contributed by atoms with Gasteiger partial charge in [-0.2, -0.15) is 0 Å². The number of hydrogen-bond acceptors (Lipinski definition) is 3. The number of methoxy groups -OCH3 is 1. The molecule has 0 unspecified atom stereocenters. The molecule has 0 aliphatic heterocycles. The summed E-state index contributed by atoms with van der Waals surface area (Å²) in [5.41, 5.74) is 0.556. The van der Waals surface area contributed by atoms with Crippen LogP contribution in [0.4, 0.5) is 4.39 Å². The molecule has 26 heavy (non-hydrogen) atoms. The van der Waals surface area contributed by atoms with E-state index >= 15 is 0 Å². The van der Waals surface area contributed by atoms with Gasteiger partial charge in [-0.05, 0) is 24.6 Å². The SMILES string of the molecule is CCNC(=NCC(C)(C)c1ccc(F)cc1Cl)NCCOCCOC.I. The summed E-state index contributed by atoms with van der Waals surface area (Å²) in [6.07, 6.45) is 0. The van der Waals surface area contributed by atoms with E-state index in [4.69, 9.17) is 21.1 Å². The topological polar surface area (TPSA) is 54.9 Å². The summed E-state index contributed by atoms with van der Waals surface area (Å²) < 4.78 is 23.6. The van der Waals surface area contributed by atoms with Crippen LogP contribution in [-0.4, -0.2) is 52.5 Å². The van der Waals surface area contributed by atoms with E-state index in [2.05, 4.69) is 15.6 Å². The minimum Gasteiger partial charge on any atom is -0.382 e. The van der Waals surface area contributed by atoms with Crippen molar-refractivity contribution in [2.24, 2.45) is 4.99 Å². The second-order valence-electron chi connectivity index (χ2n) is 6.24. The Morgan fingerprint density at radius 2 is 1.96 bits per heavy atom. The fourth-order valence-electron chi connectivity index (χ4n) is 2.23. The maximum atomic E-state index is 13.2. The highest BCUT2D eigenvalue weighted by molar-refractivity contribution is 14.0. The molecule has 5 nitrogen and oxygen atoms in total. The van der Waals surface area contributed by atoms with Gasteiger partial charge in [0.25, 0.3) is 0 Å². The summed E-state index contributed by atoms with van der Waals surface area (Å²) in [6, 6.07) is 4.48. The third kappa shape index (κ3) is 9.34. The lowest BCUT2D eigenvalue weighted by molar-refractivity contribution is 0.0733. The Bertz CT molecular complexity index is 559. The molecule has 1 aromatic rings. The van der Waals surface area contributed by atoms with E-state index < -0.39 is 0 Å². The van der Waals surface area contributed by atoms with Crippen molar-refractivity contribution >= 4 is 41.5 Å². The molecule has 0 saturated carbocycles. The molecule has 0 heterocycles. The van der Waals surface area contributed by atoms with Gasteiger partial charge in [-0.25, -0.2) is 4.39 Å². The minimum atomic E-state index is -0.337. The molecule has 0 aliphatic carbocycles. The maximum absolute atomic E-state index is 13.2. The zero-order chi connectivity index (χ0) is 18.7. The quantitative estimate of drug-likeness (QED) is 0.223. The fourth-order valence-corrected chi connectivity index (χ4v) is 2.65. The van der Waals surface area contributed by atoms with Gasteiger partial charge >= 0.3 is 0 Å². The van der Waals surface area contributed by atoms with Gasteiger partial charge in [-0.1, -0.05) is 31.5 Å². The third-order valence-electron chi connectivity index (χ3n) is 3.61. The van der Waals surface area contributed by atoms with Crippen LogP contribution in [0.25, 0.3) is 0 Å². The van der Waals surface area contributed by atoms with Gasteiger partial charge in [-0.3, -0.25) is 4.99 Å². The first-order chi connectivity index (χ1) is 11.9. The Hall–Kier alpha value is -0.640. The molecule has 0 saturated heterocycles. The number of nitrogens with zero attached hydrogens (tertiary/aromatic N) is 1. The first-order valence-corrected chi connectivity index (χ1v) is 8.83. The van der Waals surface area contributed by atoms with Crippen LogP contribution in [-0.2, 0) is 14.9 Å². The summed E-state index contributed by atoms with van der Waals surface area (Å²) in [5, 5.41) is 6.84. The van der Waals surface area contributed by atoms with Crippen molar-refractivity contribution in [2.45, 2.75) is 26.2 Å². The normalized spacial score (nSPS) is 11.8. The van der Waals surface area contributed by atoms with E-state index in [0.29, 0.717) is 43.9 Å². The van der Waals surface area contributed by atoms with Crippen molar-refractivity contribution in [3.8, 4) is 0 Å². The van der Waals surface area contributed by atoms with Crippen LogP contribution >= 0.6 is 35.6 Å². The van der Waals surface area contributed by atoms with Crippen molar-refractivity contribution < 1.29 is 13.9 Å². The van der Waals surface area contributed by atoms with Crippen molar-refractivity contribution in [2.75, 3.05) is 46.6 Å². The Kier molecular flexibility index (Phi) is 13.2. The molecule has 0 aromatic heterocycles. The van der Waals surface area contributed by atoms with Gasteiger partial charge in [-0.15, -0.1) is 24.0 Å². The van der Waals surface area contributed by atoms with Crippen molar-refractivity contribution in [1.82, 2.24) is 10.6 Å². The lowest BCUT2D eigenvalue weighted by Gasteiger charge is -2.25. The van der Waals surface area contributed by atoms with Crippen molar-refractivity contribution in [3.05, 3.63) is 34.6 Å². The summed E-state index contributed by atoms with van der Waals surface area (Å²) in [5.74, 6) is 0.376. The molecule has 0 atom stereocenters. The van der Waals surface area contributed by atoms with Gasteiger partial charge in [0.05, 0.1) is 26.4 Å². The first-order valence-electron chi connectivity index (χ1n) is 8.45. The zero-order valence-electron chi connectivity index (χ0n) is 15.9. The van der Waals surface area contributed by atoms with Gasteiger partial charge in [0.1, 0.15) is 5.82 Å². The molecule has 2 N–H and O–H groups in total. The van der Waals surface area contributed by atoms with E-state index in [0.717, 1.165) is 12.1 Å². The molecule has 0 amide bonds. The molecule has 1 aromatic carbocycles. The minimum absolute atomic E-state index is 0. The number of ether oxygens (including phenoxy) is 2. The molecule has 150 valence electrons. The molecule has 0 aliphatic rings. The van der Waals surface area contributed by atoms with Crippen LogP contribution in [0, 0.1) is 5.82 Å². The number of nitrogens with one attached hydrogen (secondary N) is 2. The summed E-state index contributed by atoms with van der Waals surface area (Å²) in [4.78, 5) is 4.62. The summed E-state index contributed by atoms with van der Waals surface area (Å²) in [7, 11) is 1.65. The van der Waals surface area contributed by atoms with E-state index in [1.165, 1.54) is 12.1 Å². The molecule has 0 fully saturated rings. The average Bonchev–Trinajstić information content (AvgIpc) is 2.55. The largest absolute Gasteiger partial charge is 0.382 e. The smallest absolute Gasteiger partial charge is 0.191 e. The van der Waals surface area contributed by atoms with Crippen molar-refractivity contribution in [3.63, 3.8) is 0 Å². The summed E-state index contributed by atoms with van der Waals surface area (Å²) in [6.45, 7) is 9.72. The van der Waals surface area contributed by atoms with Gasteiger partial charge < -0.3 is 20.1 Å². The van der Waals surface area contributed by atoms with Gasteiger partial charge in [0.2, 0.25) is 0 Å². The van der Waals surface area contributed by atoms with E-state index in [-0.39, 0.29) is 35.2 Å². The molecule has 1 rings (SSSR count). The van der Waals surface area contributed by atoms with Crippen LogP contribution < -0.4 is 10.6 Å². The Labute approximate surface area is 178 Å². The standard InChI is InChI=1S/C18H29ClFN3O2.HI/c1-5-21-17(22-8-9-25-11-10-24-4)23-13-18(2,3)15-7-6-14(20)12-16(15)19;/h6-7,12H,5,8-11,13H2,1-4H3,(H2,21,22,23);1H. The predicted octanol–water partition coefficient (Wildman–Crippen LogP) is 3.59. The van der Waals surface area contributed by atoms with E-state index in [1.54, 1.807) is 13.2 Å². The van der Waals surface area contributed by atoms with Gasteiger partial charge in [0.15, 0.2) is 5.96 Å². The second-order valence-corrected chi connectivity index (χ2v) is 6.64. The van der Waals surface area contributed by atoms with Crippen LogP contribution in [0.15, 0.2) is 23.2 Å². The number of halogens is 3. The molecular weight excluding hydrogens is 472 g/mol. The third-order valence-corrected chi connectivity index (χ3v) is 3.92. The fraction of sp³-hybridized carbons (Fsp3) is 0.611. The number of guanidine groups is 1. The van der Waals surface area contributed by atoms with Crippen LogP contribution in [0.1, 0.15) is 26.3 Å². The molecular formula is C18H30ClFIN3O2. The Morgan fingerprint density at radius 3 is 2.58 bits per heavy atom. The summed E-state index contributed by atoms with van der Waals surface area (Å²) >= 11 is 6.19. The first kappa shape index (κ1) is 25.4. The lowest BCUT2D eigenvalue weighted by atomic mass is 9.84. The van der Waals surface area contributed by atoms with E-state index in [1.807, 2.05) is 20.8 Å². The average molecular weight is 502 g/mol. The molecule has 0 spiro atoms. The van der Waals surface area contributed by atoms with Gasteiger partial charge in [0, 0.05) is 30.6 Å². The number of aliphatic imine (C=N–C) groups is 1. The highest BCUT2D eigenvalue weighted by Crippen LogP contribution is 2.30. The second kappa shape index (κ2) is 13.5. The highest BCUT2D eigenvalue weighted by atomic mass is 127.